The molecule has 3 aromatic carbocycles. The van der Waals surface area contributed by atoms with E-state index in [1.807, 2.05) is 30.5 Å². The molecule has 1 amide bonds. The zero-order valence-electron chi connectivity index (χ0n) is 23.3. The smallest absolute Gasteiger partial charge is 0.235 e. The van der Waals surface area contributed by atoms with Gasteiger partial charge in [-0.1, -0.05) is 72.5 Å². The molecule has 0 saturated carbocycles. The van der Waals surface area contributed by atoms with Gasteiger partial charge in [-0.25, -0.2) is 17.8 Å². The summed E-state index contributed by atoms with van der Waals surface area (Å²) in [5.74, 6) is -1.23. The third kappa shape index (κ3) is 7.32. The molecule has 0 fully saturated rings. The highest BCUT2D eigenvalue weighted by atomic mass is 35.5. The van der Waals surface area contributed by atoms with Crippen LogP contribution in [-0.4, -0.2) is 35.7 Å². The second-order valence-corrected chi connectivity index (χ2v) is 14.7. The van der Waals surface area contributed by atoms with Crippen molar-refractivity contribution in [3.63, 3.8) is 0 Å². The number of halogens is 4. The van der Waals surface area contributed by atoms with E-state index in [0.717, 1.165) is 11.3 Å². The number of sulfone groups is 1. The molecule has 0 spiro atoms. The van der Waals surface area contributed by atoms with Crippen molar-refractivity contribution in [3.05, 3.63) is 105 Å². The zero-order valence-corrected chi connectivity index (χ0v) is 27.2. The van der Waals surface area contributed by atoms with Crippen LogP contribution in [0, 0.1) is 5.82 Å². The highest BCUT2D eigenvalue weighted by Crippen LogP contribution is 2.39. The molecule has 1 aromatic heterocycles. The molecule has 0 unspecified atom stereocenters. The van der Waals surface area contributed by atoms with Crippen LogP contribution in [-0.2, 0) is 25.8 Å². The second kappa shape index (κ2) is 13.0. The summed E-state index contributed by atoms with van der Waals surface area (Å²) >= 11 is 20.4. The number of rotatable bonds is 10. The number of hydrogen-bond acceptors (Lipinski definition) is 5. The van der Waals surface area contributed by atoms with Crippen LogP contribution in [0.2, 0.25) is 15.1 Å². The van der Waals surface area contributed by atoms with Gasteiger partial charge in [-0.15, -0.1) is 0 Å². The van der Waals surface area contributed by atoms with E-state index in [4.69, 9.17) is 39.8 Å². The average molecular weight is 669 g/mol. The topological polar surface area (TPSA) is 81.1 Å². The quantitative estimate of drug-likeness (QED) is 0.174. The van der Waals surface area contributed by atoms with Gasteiger partial charge in [0.05, 0.1) is 26.8 Å². The van der Waals surface area contributed by atoms with E-state index >= 15 is 0 Å². The SMILES string of the molecule is CC(C)NC(=O)CS(=O)(=O)c1ccc(CSc2ncc(C(C)(C)c3ccc(Cl)c(Cl)c3)n2-c2ccc(F)cc2)c(Cl)c1. The Bertz CT molecular complexity index is 1720. The summed E-state index contributed by atoms with van der Waals surface area (Å²) in [6, 6.07) is 15.9. The number of nitrogens with one attached hydrogen (secondary N) is 1. The normalized spacial score (nSPS) is 12.1. The molecule has 42 heavy (non-hydrogen) atoms. The number of benzene rings is 3. The minimum absolute atomic E-state index is 0.0290. The van der Waals surface area contributed by atoms with Crippen molar-refractivity contribution in [2.24, 2.45) is 0 Å². The van der Waals surface area contributed by atoms with Gasteiger partial charge >= 0.3 is 0 Å². The van der Waals surface area contributed by atoms with Crippen LogP contribution in [0.4, 0.5) is 4.39 Å². The van der Waals surface area contributed by atoms with Gasteiger partial charge in [0.15, 0.2) is 15.0 Å². The van der Waals surface area contributed by atoms with Crippen molar-refractivity contribution in [2.45, 2.75) is 55.0 Å². The fraction of sp³-hybridized carbons (Fsp3) is 0.267. The van der Waals surface area contributed by atoms with E-state index < -0.39 is 26.9 Å². The van der Waals surface area contributed by atoms with Crippen molar-refractivity contribution in [1.82, 2.24) is 14.9 Å². The molecule has 0 bridgehead atoms. The molecular formula is C30H29Cl3FN3O3S2. The summed E-state index contributed by atoms with van der Waals surface area (Å²) in [5, 5.41) is 4.36. The van der Waals surface area contributed by atoms with E-state index in [1.54, 1.807) is 44.3 Å². The number of carbonyl (C=O) groups is 1. The summed E-state index contributed by atoms with van der Waals surface area (Å²) in [7, 11) is -3.87. The largest absolute Gasteiger partial charge is 0.353 e. The van der Waals surface area contributed by atoms with Gasteiger partial charge in [0.2, 0.25) is 5.91 Å². The molecule has 12 heteroatoms. The minimum atomic E-state index is -3.87. The average Bonchev–Trinajstić information content (AvgIpc) is 3.34. The molecule has 0 aliphatic rings. The van der Waals surface area contributed by atoms with Gasteiger partial charge in [0.1, 0.15) is 11.6 Å². The van der Waals surface area contributed by atoms with Crippen LogP contribution in [0.15, 0.2) is 76.9 Å². The zero-order chi connectivity index (χ0) is 30.8. The maximum absolute atomic E-state index is 13.8. The highest BCUT2D eigenvalue weighted by molar-refractivity contribution is 7.98. The van der Waals surface area contributed by atoms with E-state index in [-0.39, 0.29) is 21.8 Å². The number of aromatic nitrogens is 2. The van der Waals surface area contributed by atoms with Gasteiger partial charge in [-0.3, -0.25) is 9.36 Å². The molecule has 0 radical (unpaired) electrons. The predicted octanol–water partition coefficient (Wildman–Crippen LogP) is 7.89. The second-order valence-electron chi connectivity index (χ2n) is 10.5. The van der Waals surface area contributed by atoms with E-state index in [9.17, 15) is 17.6 Å². The van der Waals surface area contributed by atoms with Crippen LogP contribution in [0.1, 0.15) is 44.5 Å². The number of carbonyl (C=O) groups excluding carboxylic acids is 1. The van der Waals surface area contributed by atoms with Crippen molar-refractivity contribution < 1.29 is 17.6 Å². The Labute approximate surface area is 264 Å². The summed E-state index contributed by atoms with van der Waals surface area (Å²) in [6.45, 7) is 7.59. The van der Waals surface area contributed by atoms with Gasteiger partial charge in [-0.2, -0.15) is 0 Å². The number of hydrogen-bond donors (Lipinski definition) is 1. The molecular weight excluding hydrogens is 640 g/mol. The number of thioether (sulfide) groups is 1. The van der Waals surface area contributed by atoms with Crippen LogP contribution >= 0.6 is 46.6 Å². The Kier molecular flexibility index (Phi) is 10.00. The molecule has 0 saturated heterocycles. The van der Waals surface area contributed by atoms with E-state index in [1.165, 1.54) is 36.0 Å². The van der Waals surface area contributed by atoms with Gasteiger partial charge < -0.3 is 5.32 Å². The third-order valence-corrected chi connectivity index (χ3v) is 10.3. The highest BCUT2D eigenvalue weighted by Gasteiger charge is 2.30. The van der Waals surface area contributed by atoms with Gasteiger partial charge in [0, 0.05) is 27.9 Å². The fourth-order valence-corrected chi connectivity index (χ4v) is 7.20. The van der Waals surface area contributed by atoms with Crippen molar-refractivity contribution in [2.75, 3.05) is 5.75 Å². The van der Waals surface area contributed by atoms with E-state index in [2.05, 4.69) is 5.32 Å². The Morgan fingerprint density at radius 3 is 2.31 bits per heavy atom. The molecule has 222 valence electrons. The fourth-order valence-electron chi connectivity index (χ4n) is 4.35. The van der Waals surface area contributed by atoms with Gasteiger partial charge in [0.25, 0.3) is 0 Å². The lowest BCUT2D eigenvalue weighted by molar-refractivity contribution is -0.119. The lowest BCUT2D eigenvalue weighted by atomic mass is 9.81. The first-order valence-corrected chi connectivity index (χ1v) is 16.7. The van der Waals surface area contributed by atoms with Gasteiger partial charge in [-0.05, 0) is 73.5 Å². The number of nitrogens with zero attached hydrogens (tertiary/aromatic N) is 2. The van der Waals surface area contributed by atoms with Crippen LogP contribution in [0.25, 0.3) is 5.69 Å². The van der Waals surface area contributed by atoms with Crippen molar-refractivity contribution >= 4 is 62.3 Å². The number of imidazole rings is 1. The molecule has 1 heterocycles. The van der Waals surface area contributed by atoms with Crippen molar-refractivity contribution in [1.29, 1.82) is 0 Å². The van der Waals surface area contributed by atoms with Crippen LogP contribution < -0.4 is 5.32 Å². The molecule has 6 nitrogen and oxygen atoms in total. The lowest BCUT2D eigenvalue weighted by Gasteiger charge is -2.28. The standard InChI is InChI=1S/C30H29Cl3FN3O3S2/c1-18(2)36-28(38)17-42(39,40)23-11-5-19(25(32)14-23)16-41-29-35-15-27(37(29)22-9-7-21(34)8-10-22)30(3,4)20-6-12-24(31)26(33)13-20/h5-15,18H,16-17H2,1-4H3,(H,36,38). The molecule has 4 aromatic rings. The maximum atomic E-state index is 13.8. The van der Waals surface area contributed by atoms with Crippen LogP contribution in [0.5, 0.6) is 0 Å². The molecule has 1 N–H and O–H groups in total. The molecule has 0 aliphatic heterocycles. The Morgan fingerprint density at radius 2 is 1.69 bits per heavy atom. The maximum Gasteiger partial charge on any atom is 0.235 e. The summed E-state index contributed by atoms with van der Waals surface area (Å²) in [5.41, 5.74) is 2.59. The predicted molar refractivity (Wildman–Crippen MR) is 168 cm³/mol. The Balaban J connectivity index is 1.65. The first kappa shape index (κ1) is 32.4. The molecule has 0 aliphatic carbocycles. The van der Waals surface area contributed by atoms with Crippen molar-refractivity contribution in [3.8, 4) is 5.69 Å². The molecule has 0 atom stereocenters. The summed E-state index contributed by atoms with van der Waals surface area (Å²) in [6.07, 6.45) is 1.77. The first-order valence-electron chi connectivity index (χ1n) is 12.9. The molecule has 4 rings (SSSR count). The third-order valence-electron chi connectivity index (χ3n) is 6.61. The first-order chi connectivity index (χ1) is 19.7. The number of amides is 1. The summed E-state index contributed by atoms with van der Waals surface area (Å²) in [4.78, 5) is 16.7. The minimum Gasteiger partial charge on any atom is -0.353 e. The van der Waals surface area contributed by atoms with Crippen LogP contribution in [0.3, 0.4) is 0 Å². The Hall–Kier alpha value is -2.56. The summed E-state index contributed by atoms with van der Waals surface area (Å²) < 4.78 is 41.3. The lowest BCUT2D eigenvalue weighted by Crippen LogP contribution is -2.35. The monoisotopic (exact) mass is 667 g/mol. The van der Waals surface area contributed by atoms with E-state index in [0.29, 0.717) is 32.2 Å². The Morgan fingerprint density at radius 1 is 1.00 bits per heavy atom.